The Labute approximate surface area is 107 Å². The van der Waals surface area contributed by atoms with Crippen LogP contribution in [0.25, 0.3) is 0 Å². The monoisotopic (exact) mass is 245 g/mol. The molecule has 1 atom stereocenters. The summed E-state index contributed by atoms with van der Waals surface area (Å²) in [6.07, 6.45) is 6.24. The van der Waals surface area contributed by atoms with Gasteiger partial charge in [0, 0.05) is 50.3 Å². The molecule has 0 bridgehead atoms. The van der Waals surface area contributed by atoms with Gasteiger partial charge in [-0.15, -0.1) is 0 Å². The largest absolute Gasteiger partial charge is 0.308 e. The van der Waals surface area contributed by atoms with Crippen molar-refractivity contribution in [3.63, 3.8) is 0 Å². The molecule has 0 aliphatic rings. The average molecular weight is 245 g/mol. The molecule has 0 saturated carbocycles. The lowest BCUT2D eigenvalue weighted by Gasteiger charge is -2.14. The summed E-state index contributed by atoms with van der Waals surface area (Å²) in [5.74, 6) is 0. The first-order chi connectivity index (χ1) is 8.68. The Balaban J connectivity index is 1.87. The fourth-order valence-electron chi connectivity index (χ4n) is 2.00. The Morgan fingerprint density at radius 1 is 1.28 bits per heavy atom. The summed E-state index contributed by atoms with van der Waals surface area (Å²) in [7, 11) is 1.96. The van der Waals surface area contributed by atoms with Crippen LogP contribution in [0.1, 0.15) is 30.0 Å². The number of nitrogens with one attached hydrogen (secondary N) is 1. The third kappa shape index (κ3) is 2.92. The van der Waals surface area contributed by atoms with Crippen LogP contribution in [-0.2, 0) is 13.5 Å². The van der Waals surface area contributed by atoms with E-state index in [1.165, 1.54) is 5.69 Å². The van der Waals surface area contributed by atoms with Gasteiger partial charge in [0.25, 0.3) is 0 Å². The van der Waals surface area contributed by atoms with Gasteiger partial charge >= 0.3 is 0 Å². The first-order valence-corrected chi connectivity index (χ1v) is 6.16. The zero-order valence-corrected chi connectivity index (χ0v) is 11.1. The van der Waals surface area contributed by atoms with E-state index in [0.29, 0.717) is 0 Å². The lowest BCUT2D eigenvalue weighted by atomic mass is 10.2. The highest BCUT2D eigenvalue weighted by molar-refractivity contribution is 5.12. The van der Waals surface area contributed by atoms with Crippen molar-refractivity contribution < 1.29 is 0 Å². The Morgan fingerprint density at radius 2 is 2.06 bits per heavy atom. The van der Waals surface area contributed by atoms with E-state index in [0.717, 1.165) is 24.4 Å². The van der Waals surface area contributed by atoms with Gasteiger partial charge in [-0.1, -0.05) is 0 Å². The van der Waals surface area contributed by atoms with Crippen LogP contribution in [0.4, 0.5) is 0 Å². The van der Waals surface area contributed by atoms with Gasteiger partial charge < -0.3 is 5.32 Å². The van der Waals surface area contributed by atoms with Gasteiger partial charge in [0.1, 0.15) is 0 Å². The summed E-state index contributed by atoms with van der Waals surface area (Å²) in [6, 6.07) is 2.26. The SMILES string of the molecule is Cc1nccnc1C(C)NCCc1ccnn1C. The van der Waals surface area contributed by atoms with E-state index in [1.54, 1.807) is 12.4 Å². The van der Waals surface area contributed by atoms with Gasteiger partial charge in [-0.05, 0) is 19.9 Å². The number of rotatable bonds is 5. The molecule has 2 heterocycles. The normalized spacial score (nSPS) is 12.6. The van der Waals surface area contributed by atoms with Crippen LogP contribution in [0.15, 0.2) is 24.7 Å². The third-order valence-electron chi connectivity index (χ3n) is 3.08. The second-order valence-electron chi connectivity index (χ2n) is 4.40. The predicted molar refractivity (Wildman–Crippen MR) is 70.1 cm³/mol. The molecule has 0 fully saturated rings. The molecule has 1 N–H and O–H groups in total. The number of nitrogens with zero attached hydrogens (tertiary/aromatic N) is 4. The topological polar surface area (TPSA) is 55.6 Å². The minimum atomic E-state index is 0.215. The summed E-state index contributed by atoms with van der Waals surface area (Å²) >= 11 is 0. The molecular formula is C13H19N5. The molecule has 96 valence electrons. The summed E-state index contributed by atoms with van der Waals surface area (Å²) in [5, 5.41) is 7.61. The maximum absolute atomic E-state index is 4.37. The second kappa shape index (κ2) is 5.73. The van der Waals surface area contributed by atoms with Crippen molar-refractivity contribution in [2.75, 3.05) is 6.54 Å². The molecule has 0 saturated heterocycles. The highest BCUT2D eigenvalue weighted by Crippen LogP contribution is 2.11. The van der Waals surface area contributed by atoms with Crippen molar-refractivity contribution in [3.8, 4) is 0 Å². The molecule has 1 unspecified atom stereocenters. The van der Waals surface area contributed by atoms with E-state index in [4.69, 9.17) is 0 Å². The maximum Gasteiger partial charge on any atom is 0.0782 e. The smallest absolute Gasteiger partial charge is 0.0782 e. The van der Waals surface area contributed by atoms with Crippen molar-refractivity contribution in [2.24, 2.45) is 7.05 Å². The predicted octanol–water partition coefficient (Wildman–Crippen LogP) is 1.41. The van der Waals surface area contributed by atoms with Crippen LogP contribution < -0.4 is 5.32 Å². The van der Waals surface area contributed by atoms with E-state index < -0.39 is 0 Å². The van der Waals surface area contributed by atoms with E-state index in [-0.39, 0.29) is 6.04 Å². The van der Waals surface area contributed by atoms with Crippen molar-refractivity contribution in [1.29, 1.82) is 0 Å². The van der Waals surface area contributed by atoms with E-state index in [2.05, 4.69) is 27.3 Å². The van der Waals surface area contributed by atoms with Crippen LogP contribution in [0, 0.1) is 6.92 Å². The Morgan fingerprint density at radius 3 is 2.72 bits per heavy atom. The maximum atomic E-state index is 4.37. The number of hydrogen-bond acceptors (Lipinski definition) is 4. The van der Waals surface area contributed by atoms with Crippen molar-refractivity contribution in [3.05, 3.63) is 41.7 Å². The summed E-state index contributed by atoms with van der Waals surface area (Å²) in [5.41, 5.74) is 3.23. The molecule has 18 heavy (non-hydrogen) atoms. The van der Waals surface area contributed by atoms with Crippen molar-refractivity contribution in [2.45, 2.75) is 26.3 Å². The van der Waals surface area contributed by atoms with Gasteiger partial charge in [-0.3, -0.25) is 14.6 Å². The molecule has 2 aromatic heterocycles. The molecule has 0 spiro atoms. The van der Waals surface area contributed by atoms with E-state index in [1.807, 2.05) is 30.9 Å². The van der Waals surface area contributed by atoms with Gasteiger partial charge in [-0.25, -0.2) is 0 Å². The molecule has 2 aromatic rings. The number of aryl methyl sites for hydroxylation is 2. The van der Waals surface area contributed by atoms with Gasteiger partial charge in [0.05, 0.1) is 11.4 Å². The Hall–Kier alpha value is -1.75. The summed E-state index contributed by atoms with van der Waals surface area (Å²) < 4.78 is 1.90. The van der Waals surface area contributed by atoms with E-state index in [9.17, 15) is 0 Å². The van der Waals surface area contributed by atoms with Crippen LogP contribution in [0.3, 0.4) is 0 Å². The molecule has 0 aliphatic carbocycles. The van der Waals surface area contributed by atoms with Crippen molar-refractivity contribution >= 4 is 0 Å². The fourth-order valence-corrected chi connectivity index (χ4v) is 2.00. The standard InChI is InChI=1S/C13H19N5/c1-10(13-11(2)15-8-9-16-13)14-6-4-12-5-7-17-18(12)3/h5,7-10,14H,4,6H2,1-3H3. The molecule has 2 rings (SSSR count). The highest BCUT2D eigenvalue weighted by Gasteiger charge is 2.09. The summed E-state index contributed by atoms with van der Waals surface area (Å²) in [4.78, 5) is 8.62. The zero-order chi connectivity index (χ0) is 13.0. The first-order valence-electron chi connectivity index (χ1n) is 6.16. The molecule has 0 radical (unpaired) electrons. The zero-order valence-electron chi connectivity index (χ0n) is 11.1. The molecule has 5 nitrogen and oxygen atoms in total. The van der Waals surface area contributed by atoms with Gasteiger partial charge in [0.15, 0.2) is 0 Å². The number of hydrogen-bond donors (Lipinski definition) is 1. The fraction of sp³-hybridized carbons (Fsp3) is 0.462. The molecular weight excluding hydrogens is 226 g/mol. The first kappa shape index (κ1) is 12.7. The van der Waals surface area contributed by atoms with E-state index >= 15 is 0 Å². The lowest BCUT2D eigenvalue weighted by molar-refractivity contribution is 0.548. The second-order valence-corrected chi connectivity index (χ2v) is 4.40. The van der Waals surface area contributed by atoms with Crippen LogP contribution in [0.2, 0.25) is 0 Å². The number of aromatic nitrogens is 4. The third-order valence-corrected chi connectivity index (χ3v) is 3.08. The molecule has 0 aliphatic heterocycles. The minimum absolute atomic E-state index is 0.215. The Bertz CT molecular complexity index is 506. The molecule has 0 amide bonds. The highest BCUT2D eigenvalue weighted by atomic mass is 15.3. The van der Waals surface area contributed by atoms with Gasteiger partial charge in [-0.2, -0.15) is 5.10 Å². The Kier molecular flexibility index (Phi) is 4.04. The van der Waals surface area contributed by atoms with Crippen LogP contribution in [0.5, 0.6) is 0 Å². The lowest BCUT2D eigenvalue weighted by Crippen LogP contribution is -2.23. The molecule has 0 aromatic carbocycles. The quantitative estimate of drug-likeness (QED) is 0.865. The molecule has 5 heteroatoms. The minimum Gasteiger partial charge on any atom is -0.308 e. The average Bonchev–Trinajstić information content (AvgIpc) is 2.75. The summed E-state index contributed by atoms with van der Waals surface area (Å²) in [6.45, 7) is 5.00. The van der Waals surface area contributed by atoms with Crippen molar-refractivity contribution in [1.82, 2.24) is 25.1 Å². The van der Waals surface area contributed by atoms with Gasteiger partial charge in [0.2, 0.25) is 0 Å². The van der Waals surface area contributed by atoms with Crippen LogP contribution >= 0.6 is 0 Å². The van der Waals surface area contributed by atoms with Crippen LogP contribution in [-0.4, -0.2) is 26.3 Å².